The normalized spacial score (nSPS) is 22.7. The van der Waals surface area contributed by atoms with Crippen molar-refractivity contribution >= 4 is 6.92 Å². The van der Waals surface area contributed by atoms with E-state index in [1.807, 2.05) is 6.82 Å². The summed E-state index contributed by atoms with van der Waals surface area (Å²) in [5.74, 6) is 0. The fraction of sp³-hybridized carbons (Fsp3) is 1.00. The highest BCUT2D eigenvalue weighted by Crippen LogP contribution is 2.05. The van der Waals surface area contributed by atoms with Gasteiger partial charge in [-0.05, 0) is 12.7 Å². The third-order valence-corrected chi connectivity index (χ3v) is 1.07. The molecule has 0 amide bonds. The first-order chi connectivity index (χ1) is 3.39. The lowest BCUT2D eigenvalue weighted by atomic mass is 9.67. The van der Waals surface area contributed by atoms with Gasteiger partial charge in [0.05, 0.1) is 6.61 Å². The maximum atomic E-state index is 4.78. The number of hydrogen-bond acceptors (Lipinski definition) is 2. The molecule has 40 valence electrons. The molecule has 0 aromatic rings. The second kappa shape index (κ2) is 2.33. The average Bonchev–Trinajstić information content (AvgIpc) is 1.69. The van der Waals surface area contributed by atoms with Crippen LogP contribution in [0.2, 0.25) is 13.1 Å². The van der Waals surface area contributed by atoms with Crippen LogP contribution < -0.4 is 0 Å². The first kappa shape index (κ1) is 5.13. The monoisotopic (exact) mass is 100 g/mol. The molecule has 1 fully saturated rings. The molecule has 1 rings (SSSR count). The highest BCUT2D eigenvalue weighted by molar-refractivity contribution is 6.49. The van der Waals surface area contributed by atoms with Crippen molar-refractivity contribution in [2.45, 2.75) is 19.6 Å². The van der Waals surface area contributed by atoms with Gasteiger partial charge in [-0.1, -0.05) is 6.82 Å². The van der Waals surface area contributed by atoms with Crippen LogP contribution in [0.15, 0.2) is 0 Å². The molecule has 0 radical (unpaired) electrons. The second-order valence-corrected chi connectivity index (χ2v) is 1.87. The zero-order chi connectivity index (χ0) is 5.11. The molecule has 0 atom stereocenters. The summed E-state index contributed by atoms with van der Waals surface area (Å²) in [5.41, 5.74) is 0. The predicted octanol–water partition coefficient (Wildman–Crippen LogP) is 0.960. The van der Waals surface area contributed by atoms with E-state index < -0.39 is 0 Å². The minimum absolute atomic E-state index is 0.314. The molecular formula is C4H9BO2. The van der Waals surface area contributed by atoms with Gasteiger partial charge in [0.2, 0.25) is 0 Å². The molecule has 2 nitrogen and oxygen atoms in total. The van der Waals surface area contributed by atoms with Gasteiger partial charge in [0.15, 0.2) is 0 Å². The molecule has 1 aliphatic rings. The smallest absolute Gasteiger partial charge is 0.305 e. The Labute approximate surface area is 43.8 Å². The van der Waals surface area contributed by atoms with Crippen molar-refractivity contribution in [1.82, 2.24) is 0 Å². The van der Waals surface area contributed by atoms with E-state index in [-0.39, 0.29) is 0 Å². The Morgan fingerprint density at radius 1 is 1.57 bits per heavy atom. The van der Waals surface area contributed by atoms with Crippen molar-refractivity contribution in [1.29, 1.82) is 0 Å². The van der Waals surface area contributed by atoms with Gasteiger partial charge < -0.3 is 4.81 Å². The summed E-state index contributed by atoms with van der Waals surface area (Å²) in [6, 6.07) is 0. The Morgan fingerprint density at radius 2 is 2.43 bits per heavy atom. The minimum Gasteiger partial charge on any atom is -0.305 e. The first-order valence-corrected chi connectivity index (χ1v) is 2.68. The quantitative estimate of drug-likeness (QED) is 0.333. The molecule has 0 aromatic carbocycles. The van der Waals surface area contributed by atoms with E-state index in [9.17, 15) is 0 Å². The SMILES string of the molecule is CB1CCCOO1. The summed E-state index contributed by atoms with van der Waals surface area (Å²) in [7, 11) is 0. The van der Waals surface area contributed by atoms with Crippen molar-refractivity contribution in [3.63, 3.8) is 0 Å². The first-order valence-electron chi connectivity index (χ1n) is 2.68. The Bertz CT molecular complexity index is 51.7. The van der Waals surface area contributed by atoms with E-state index in [0.717, 1.165) is 19.3 Å². The van der Waals surface area contributed by atoms with Crippen LogP contribution in [0.5, 0.6) is 0 Å². The molecule has 7 heavy (non-hydrogen) atoms. The Kier molecular flexibility index (Phi) is 1.71. The van der Waals surface area contributed by atoms with Crippen molar-refractivity contribution < 1.29 is 9.69 Å². The van der Waals surface area contributed by atoms with E-state index in [0.29, 0.717) is 6.92 Å². The lowest BCUT2D eigenvalue weighted by Gasteiger charge is -2.13. The van der Waals surface area contributed by atoms with Gasteiger partial charge in [0, 0.05) is 0 Å². The summed E-state index contributed by atoms with van der Waals surface area (Å²) < 4.78 is 0. The van der Waals surface area contributed by atoms with Gasteiger partial charge in [0.1, 0.15) is 0 Å². The fourth-order valence-electron chi connectivity index (χ4n) is 0.642. The van der Waals surface area contributed by atoms with Crippen molar-refractivity contribution in [2.24, 2.45) is 0 Å². The van der Waals surface area contributed by atoms with Gasteiger partial charge in [-0.2, -0.15) is 0 Å². The third kappa shape index (κ3) is 1.49. The van der Waals surface area contributed by atoms with Crippen molar-refractivity contribution in [3.8, 4) is 0 Å². The lowest BCUT2D eigenvalue weighted by molar-refractivity contribution is -0.222. The summed E-state index contributed by atoms with van der Waals surface area (Å²) in [6.45, 7) is 3.09. The fourth-order valence-corrected chi connectivity index (χ4v) is 0.642. The molecule has 0 unspecified atom stereocenters. The molecule has 1 saturated heterocycles. The maximum Gasteiger partial charge on any atom is 0.337 e. The summed E-state index contributed by atoms with van der Waals surface area (Å²) in [4.78, 5) is 9.46. The number of hydrogen-bond donors (Lipinski definition) is 0. The summed E-state index contributed by atoms with van der Waals surface area (Å²) in [5, 5.41) is 0. The molecule has 0 bridgehead atoms. The maximum absolute atomic E-state index is 4.78. The second-order valence-electron chi connectivity index (χ2n) is 1.87. The number of rotatable bonds is 0. The Balaban J connectivity index is 2.12. The van der Waals surface area contributed by atoms with Crippen LogP contribution in [0.3, 0.4) is 0 Å². The highest BCUT2D eigenvalue weighted by atomic mass is 17.2. The topological polar surface area (TPSA) is 18.5 Å². The van der Waals surface area contributed by atoms with Crippen LogP contribution in [-0.4, -0.2) is 13.5 Å². The Morgan fingerprint density at radius 3 is 2.71 bits per heavy atom. The van der Waals surface area contributed by atoms with Crippen LogP contribution in [0.1, 0.15) is 6.42 Å². The van der Waals surface area contributed by atoms with E-state index in [4.69, 9.17) is 4.81 Å². The van der Waals surface area contributed by atoms with Crippen LogP contribution in [0, 0.1) is 0 Å². The highest BCUT2D eigenvalue weighted by Gasteiger charge is 2.13. The summed E-state index contributed by atoms with van der Waals surface area (Å²) >= 11 is 0. The van der Waals surface area contributed by atoms with E-state index >= 15 is 0 Å². The predicted molar refractivity (Wildman–Crippen MR) is 28.1 cm³/mol. The van der Waals surface area contributed by atoms with Gasteiger partial charge in [-0.3, -0.25) is 4.89 Å². The molecule has 1 heterocycles. The zero-order valence-corrected chi connectivity index (χ0v) is 4.52. The van der Waals surface area contributed by atoms with Crippen molar-refractivity contribution in [2.75, 3.05) is 6.61 Å². The molecule has 0 N–H and O–H groups in total. The van der Waals surface area contributed by atoms with Crippen LogP contribution in [0.4, 0.5) is 0 Å². The zero-order valence-electron chi connectivity index (χ0n) is 4.52. The van der Waals surface area contributed by atoms with E-state index in [2.05, 4.69) is 4.89 Å². The van der Waals surface area contributed by atoms with E-state index in [1.54, 1.807) is 0 Å². The molecule has 0 aromatic heterocycles. The van der Waals surface area contributed by atoms with Crippen LogP contribution >= 0.6 is 0 Å². The van der Waals surface area contributed by atoms with Gasteiger partial charge >= 0.3 is 6.92 Å². The van der Waals surface area contributed by atoms with Gasteiger partial charge in [0.25, 0.3) is 0 Å². The molecular weight excluding hydrogens is 90.9 g/mol. The molecule has 0 aliphatic carbocycles. The standard InChI is InChI=1S/C4H9BO2/c1-5-3-2-4-6-7-5/h2-4H2,1H3. The average molecular weight is 99.9 g/mol. The third-order valence-electron chi connectivity index (χ3n) is 1.07. The minimum atomic E-state index is 0.314. The molecule has 0 spiro atoms. The van der Waals surface area contributed by atoms with Gasteiger partial charge in [-0.25, -0.2) is 0 Å². The molecule has 3 heteroatoms. The van der Waals surface area contributed by atoms with Crippen molar-refractivity contribution in [3.05, 3.63) is 0 Å². The van der Waals surface area contributed by atoms with Gasteiger partial charge in [-0.15, -0.1) is 0 Å². The lowest BCUT2D eigenvalue weighted by Crippen LogP contribution is -2.19. The van der Waals surface area contributed by atoms with Crippen LogP contribution in [0.25, 0.3) is 0 Å². The van der Waals surface area contributed by atoms with Crippen LogP contribution in [-0.2, 0) is 9.69 Å². The Hall–Kier alpha value is -0.0151. The molecule has 1 aliphatic heterocycles. The molecule has 0 saturated carbocycles. The van der Waals surface area contributed by atoms with E-state index in [1.165, 1.54) is 0 Å². The summed E-state index contributed by atoms with van der Waals surface area (Å²) in [6.07, 6.45) is 2.28. The largest absolute Gasteiger partial charge is 0.337 e.